The van der Waals surface area contributed by atoms with Gasteiger partial charge in [-0.05, 0) is 61.9 Å². The number of nitrogens with zero attached hydrogens (tertiary/aromatic N) is 3. The molecule has 1 amide bonds. The van der Waals surface area contributed by atoms with Gasteiger partial charge in [0.25, 0.3) is 0 Å². The number of amides is 1. The average molecular weight is 475 g/mol. The summed E-state index contributed by atoms with van der Waals surface area (Å²) in [6.45, 7) is 3.94. The van der Waals surface area contributed by atoms with Gasteiger partial charge < -0.3 is 14.8 Å². The summed E-state index contributed by atoms with van der Waals surface area (Å²) in [6, 6.07) is 21.4. The molecule has 3 aromatic carbocycles. The molecule has 0 aliphatic carbocycles. The second-order valence-corrected chi connectivity index (χ2v) is 8.62. The van der Waals surface area contributed by atoms with Gasteiger partial charge in [0.2, 0.25) is 5.91 Å². The quantitative estimate of drug-likeness (QED) is 0.349. The first-order chi connectivity index (χ1) is 16.5. The van der Waals surface area contributed by atoms with Gasteiger partial charge in [0, 0.05) is 16.9 Å². The largest absolute Gasteiger partial charge is 0.497 e. The maximum Gasteiger partial charge on any atom is 0.234 e. The van der Waals surface area contributed by atoms with Crippen LogP contribution in [0.5, 0.6) is 11.5 Å². The Labute approximate surface area is 203 Å². The van der Waals surface area contributed by atoms with E-state index in [1.165, 1.54) is 17.3 Å². The molecule has 4 rings (SSSR count). The molecule has 0 atom stereocenters. The van der Waals surface area contributed by atoms with Crippen molar-refractivity contribution < 1.29 is 14.3 Å². The summed E-state index contributed by atoms with van der Waals surface area (Å²) in [5.74, 6) is 2.34. The van der Waals surface area contributed by atoms with E-state index in [0.717, 1.165) is 34.1 Å². The second-order valence-electron chi connectivity index (χ2n) is 7.68. The van der Waals surface area contributed by atoms with Crippen molar-refractivity contribution in [3.05, 3.63) is 78.1 Å². The van der Waals surface area contributed by atoms with Gasteiger partial charge in [0.15, 0.2) is 5.16 Å². The third-order valence-corrected chi connectivity index (χ3v) is 6.23. The summed E-state index contributed by atoms with van der Waals surface area (Å²) in [4.78, 5) is 12.7. The number of hydrogen-bond donors (Lipinski definition) is 1. The van der Waals surface area contributed by atoms with E-state index < -0.39 is 0 Å². The van der Waals surface area contributed by atoms with Crippen molar-refractivity contribution in [3.8, 4) is 28.3 Å². The highest BCUT2D eigenvalue weighted by molar-refractivity contribution is 7.99. The fourth-order valence-electron chi connectivity index (χ4n) is 3.54. The molecule has 1 N–H and O–H groups in total. The minimum absolute atomic E-state index is 0.132. The molecule has 0 radical (unpaired) electrons. The van der Waals surface area contributed by atoms with Crippen LogP contribution in [-0.4, -0.2) is 40.6 Å². The number of carbonyl (C=O) groups is 1. The average Bonchev–Trinajstić information content (AvgIpc) is 3.23. The van der Waals surface area contributed by atoms with E-state index >= 15 is 0 Å². The van der Waals surface area contributed by atoms with Crippen molar-refractivity contribution in [2.24, 2.45) is 0 Å². The number of ether oxygens (including phenoxy) is 2. The SMILES string of the molecule is COc1ccc(-c2cc(NC(=O)CSc3nnc(C)n3-c3ccc(C)cc3)ccc2OC)cc1. The van der Waals surface area contributed by atoms with Crippen LogP contribution >= 0.6 is 11.8 Å². The summed E-state index contributed by atoms with van der Waals surface area (Å²) < 4.78 is 12.7. The molecule has 0 bridgehead atoms. The van der Waals surface area contributed by atoms with Gasteiger partial charge in [-0.2, -0.15) is 0 Å². The fraction of sp³-hybridized carbons (Fsp3) is 0.192. The van der Waals surface area contributed by atoms with E-state index in [9.17, 15) is 4.79 Å². The molecule has 0 unspecified atom stereocenters. The highest BCUT2D eigenvalue weighted by Crippen LogP contribution is 2.33. The van der Waals surface area contributed by atoms with E-state index in [4.69, 9.17) is 9.47 Å². The predicted octanol–water partition coefficient (Wildman–Crippen LogP) is 5.30. The lowest BCUT2D eigenvalue weighted by molar-refractivity contribution is -0.113. The predicted molar refractivity (Wildman–Crippen MR) is 135 cm³/mol. The minimum atomic E-state index is -0.132. The van der Waals surface area contributed by atoms with E-state index in [1.54, 1.807) is 14.2 Å². The van der Waals surface area contributed by atoms with Gasteiger partial charge in [0.1, 0.15) is 17.3 Å². The molecule has 8 heteroatoms. The van der Waals surface area contributed by atoms with Gasteiger partial charge in [0.05, 0.1) is 20.0 Å². The number of hydrogen-bond acceptors (Lipinski definition) is 6. The Balaban J connectivity index is 1.47. The molecular weight excluding hydrogens is 448 g/mol. The molecule has 0 saturated heterocycles. The molecule has 0 spiro atoms. The fourth-order valence-corrected chi connectivity index (χ4v) is 4.33. The van der Waals surface area contributed by atoms with E-state index in [-0.39, 0.29) is 11.7 Å². The normalized spacial score (nSPS) is 10.7. The molecule has 1 heterocycles. The molecular formula is C26H26N4O3S. The number of carbonyl (C=O) groups excluding carboxylic acids is 1. The Morgan fingerprint density at radius 2 is 1.68 bits per heavy atom. The topological polar surface area (TPSA) is 78.3 Å². The van der Waals surface area contributed by atoms with Crippen LogP contribution in [0.2, 0.25) is 0 Å². The van der Waals surface area contributed by atoms with Crippen LogP contribution in [-0.2, 0) is 4.79 Å². The van der Waals surface area contributed by atoms with Crippen molar-refractivity contribution in [3.63, 3.8) is 0 Å². The van der Waals surface area contributed by atoms with Crippen molar-refractivity contribution in [2.75, 3.05) is 25.3 Å². The third-order valence-electron chi connectivity index (χ3n) is 5.30. The third kappa shape index (κ3) is 5.23. The lowest BCUT2D eigenvalue weighted by atomic mass is 10.0. The molecule has 174 valence electrons. The number of aryl methyl sites for hydroxylation is 2. The Hall–Kier alpha value is -3.78. The van der Waals surface area contributed by atoms with Crippen molar-refractivity contribution in [1.82, 2.24) is 14.8 Å². The maximum absolute atomic E-state index is 12.7. The summed E-state index contributed by atoms with van der Waals surface area (Å²) in [6.07, 6.45) is 0. The minimum Gasteiger partial charge on any atom is -0.497 e. The zero-order valence-electron chi connectivity index (χ0n) is 19.5. The van der Waals surface area contributed by atoms with Crippen LogP contribution < -0.4 is 14.8 Å². The molecule has 34 heavy (non-hydrogen) atoms. The summed E-state index contributed by atoms with van der Waals surface area (Å²) >= 11 is 1.35. The second kappa shape index (κ2) is 10.4. The van der Waals surface area contributed by atoms with Gasteiger partial charge in [-0.25, -0.2) is 0 Å². The number of anilines is 1. The Morgan fingerprint density at radius 1 is 0.941 bits per heavy atom. The van der Waals surface area contributed by atoms with Crippen LogP contribution in [0.1, 0.15) is 11.4 Å². The van der Waals surface area contributed by atoms with Crippen molar-refractivity contribution in [2.45, 2.75) is 19.0 Å². The van der Waals surface area contributed by atoms with E-state index in [2.05, 4.69) is 15.5 Å². The van der Waals surface area contributed by atoms with Gasteiger partial charge in [-0.3, -0.25) is 9.36 Å². The van der Waals surface area contributed by atoms with Crippen LogP contribution in [0.3, 0.4) is 0 Å². The van der Waals surface area contributed by atoms with Crippen molar-refractivity contribution in [1.29, 1.82) is 0 Å². The monoisotopic (exact) mass is 474 g/mol. The number of benzene rings is 3. The van der Waals surface area contributed by atoms with Crippen LogP contribution in [0, 0.1) is 13.8 Å². The first kappa shape index (κ1) is 23.4. The first-order valence-corrected chi connectivity index (χ1v) is 11.7. The standard InChI is InChI=1S/C26H26N4O3S/c1-17-5-10-21(11-6-17)30-18(2)28-29-26(30)34-16-25(31)27-20-9-14-24(33-4)23(15-20)19-7-12-22(32-3)13-8-19/h5-15H,16H2,1-4H3,(H,27,31). The zero-order valence-corrected chi connectivity index (χ0v) is 20.3. The molecule has 7 nitrogen and oxygen atoms in total. The van der Waals surface area contributed by atoms with Gasteiger partial charge in [-0.15, -0.1) is 10.2 Å². The number of aromatic nitrogens is 3. The summed E-state index contributed by atoms with van der Waals surface area (Å²) in [5.41, 5.74) is 4.68. The zero-order chi connectivity index (χ0) is 24.1. The van der Waals surface area contributed by atoms with Gasteiger partial charge in [-0.1, -0.05) is 41.6 Å². The molecule has 4 aromatic rings. The van der Waals surface area contributed by atoms with E-state index in [1.807, 2.05) is 85.1 Å². The van der Waals surface area contributed by atoms with E-state index in [0.29, 0.717) is 10.8 Å². The van der Waals surface area contributed by atoms with Crippen LogP contribution in [0.15, 0.2) is 71.9 Å². The Morgan fingerprint density at radius 3 is 2.35 bits per heavy atom. The number of thioether (sulfide) groups is 1. The molecule has 1 aromatic heterocycles. The lowest BCUT2D eigenvalue weighted by Crippen LogP contribution is -2.14. The molecule has 0 saturated carbocycles. The summed E-state index contributed by atoms with van der Waals surface area (Å²) in [7, 11) is 3.26. The summed E-state index contributed by atoms with van der Waals surface area (Å²) in [5, 5.41) is 12.1. The number of methoxy groups -OCH3 is 2. The molecule has 0 fully saturated rings. The lowest BCUT2D eigenvalue weighted by Gasteiger charge is -2.13. The molecule has 0 aliphatic heterocycles. The highest BCUT2D eigenvalue weighted by Gasteiger charge is 2.14. The first-order valence-electron chi connectivity index (χ1n) is 10.7. The number of nitrogens with one attached hydrogen (secondary N) is 1. The van der Waals surface area contributed by atoms with Crippen LogP contribution in [0.25, 0.3) is 16.8 Å². The van der Waals surface area contributed by atoms with Gasteiger partial charge >= 0.3 is 0 Å². The molecule has 0 aliphatic rings. The highest BCUT2D eigenvalue weighted by atomic mass is 32.2. The Bertz CT molecular complexity index is 1280. The maximum atomic E-state index is 12.7. The smallest absolute Gasteiger partial charge is 0.234 e. The van der Waals surface area contributed by atoms with Crippen molar-refractivity contribution >= 4 is 23.4 Å². The Kier molecular flexibility index (Phi) is 7.18. The van der Waals surface area contributed by atoms with Crippen LogP contribution in [0.4, 0.5) is 5.69 Å². The number of rotatable bonds is 8.